The highest BCUT2D eigenvalue weighted by Gasteiger charge is 2.30. The number of pyridine rings is 1. The molecule has 2 unspecified atom stereocenters. The van der Waals surface area contributed by atoms with Crippen LogP contribution in [0.5, 0.6) is 0 Å². The Labute approximate surface area is 215 Å². The Hall–Kier alpha value is -3.01. The Kier molecular flexibility index (Phi) is 6.37. The number of nitrogens with one attached hydrogen (secondary N) is 4. The van der Waals surface area contributed by atoms with Gasteiger partial charge in [-0.15, -0.1) is 11.3 Å². The van der Waals surface area contributed by atoms with Crippen LogP contribution in [0.1, 0.15) is 69.2 Å². The van der Waals surface area contributed by atoms with Crippen LogP contribution < -0.4 is 21.3 Å². The molecule has 2 atom stereocenters. The molecule has 0 aliphatic heterocycles. The number of carbonyl (C=O) groups is 1. The van der Waals surface area contributed by atoms with Crippen LogP contribution in [0.25, 0.3) is 20.8 Å². The number of rotatable bonds is 9. The maximum atomic E-state index is 12.0. The van der Waals surface area contributed by atoms with E-state index in [2.05, 4.69) is 32.3 Å². The van der Waals surface area contributed by atoms with Crippen molar-refractivity contribution in [2.45, 2.75) is 76.8 Å². The van der Waals surface area contributed by atoms with Crippen molar-refractivity contribution in [3.63, 3.8) is 0 Å². The highest BCUT2D eigenvalue weighted by molar-refractivity contribution is 7.21. The van der Waals surface area contributed by atoms with Crippen molar-refractivity contribution in [1.29, 1.82) is 0 Å². The minimum absolute atomic E-state index is 0.0946. The fourth-order valence-electron chi connectivity index (χ4n) is 5.04. The summed E-state index contributed by atoms with van der Waals surface area (Å²) in [6.45, 7) is 5.52. The average Bonchev–Trinajstić information content (AvgIpc) is 3.77. The summed E-state index contributed by atoms with van der Waals surface area (Å²) in [5, 5.41) is 14.0. The normalized spacial score (nSPS) is 21.5. The number of thiazole rings is 1. The first kappa shape index (κ1) is 23.4. The highest BCUT2D eigenvalue weighted by atomic mass is 32.1. The SMILES string of the molecule is CCNC(=O)NC1CCC(Nc2nc(NCC3CC3)nc(C)c2-c2nc3c(C4CC4)nccc3s2)C1. The molecule has 3 aliphatic rings. The molecule has 0 bridgehead atoms. The number of hydrogen-bond donors (Lipinski definition) is 4. The highest BCUT2D eigenvalue weighted by Crippen LogP contribution is 2.44. The van der Waals surface area contributed by atoms with Gasteiger partial charge in [0, 0.05) is 37.3 Å². The van der Waals surface area contributed by atoms with E-state index in [1.54, 1.807) is 11.3 Å². The van der Waals surface area contributed by atoms with Crippen molar-refractivity contribution in [2.24, 2.45) is 5.92 Å². The third kappa shape index (κ3) is 5.09. The number of anilines is 2. The molecule has 0 aromatic carbocycles. The molecule has 3 aliphatic carbocycles. The van der Waals surface area contributed by atoms with Gasteiger partial charge in [0.2, 0.25) is 5.95 Å². The zero-order chi connectivity index (χ0) is 24.6. The molecule has 3 aromatic heterocycles. The summed E-state index contributed by atoms with van der Waals surface area (Å²) in [6.07, 6.45) is 9.63. The molecular weight excluding hydrogens is 472 g/mol. The van der Waals surface area contributed by atoms with Gasteiger partial charge >= 0.3 is 6.03 Å². The van der Waals surface area contributed by atoms with Crippen molar-refractivity contribution in [2.75, 3.05) is 23.7 Å². The summed E-state index contributed by atoms with van der Waals surface area (Å²) in [5.41, 5.74) is 4.03. The second kappa shape index (κ2) is 9.80. The summed E-state index contributed by atoms with van der Waals surface area (Å²) in [5.74, 6) is 2.77. The van der Waals surface area contributed by atoms with E-state index in [-0.39, 0.29) is 18.1 Å². The molecule has 3 aromatic rings. The Balaban J connectivity index is 1.29. The maximum absolute atomic E-state index is 12.0. The van der Waals surface area contributed by atoms with Crippen LogP contribution in [0.2, 0.25) is 0 Å². The summed E-state index contributed by atoms with van der Waals surface area (Å²) in [7, 11) is 0. The largest absolute Gasteiger partial charge is 0.366 e. The van der Waals surface area contributed by atoms with E-state index in [0.29, 0.717) is 18.4 Å². The van der Waals surface area contributed by atoms with Crippen LogP contribution in [0.4, 0.5) is 16.6 Å². The van der Waals surface area contributed by atoms with Crippen molar-refractivity contribution < 1.29 is 4.79 Å². The lowest BCUT2D eigenvalue weighted by atomic mass is 10.2. The molecule has 4 N–H and O–H groups in total. The number of nitrogens with zero attached hydrogens (tertiary/aromatic N) is 4. The Morgan fingerprint density at radius 1 is 1.08 bits per heavy atom. The smallest absolute Gasteiger partial charge is 0.314 e. The van der Waals surface area contributed by atoms with Crippen LogP contribution in [0.15, 0.2) is 12.3 Å². The summed E-state index contributed by atoms with van der Waals surface area (Å²) in [6, 6.07) is 2.34. The van der Waals surface area contributed by atoms with E-state index in [1.165, 1.54) is 25.7 Å². The van der Waals surface area contributed by atoms with Crippen LogP contribution >= 0.6 is 11.3 Å². The molecule has 3 saturated carbocycles. The van der Waals surface area contributed by atoms with E-state index in [1.807, 2.05) is 20.0 Å². The zero-order valence-corrected chi connectivity index (χ0v) is 21.7. The molecule has 3 fully saturated rings. The lowest BCUT2D eigenvalue weighted by Crippen LogP contribution is -2.41. The Morgan fingerprint density at radius 3 is 2.69 bits per heavy atom. The van der Waals surface area contributed by atoms with Gasteiger partial charge in [0.25, 0.3) is 0 Å². The predicted octanol–water partition coefficient (Wildman–Crippen LogP) is 4.81. The van der Waals surface area contributed by atoms with Crippen molar-refractivity contribution >= 4 is 39.4 Å². The van der Waals surface area contributed by atoms with E-state index < -0.39 is 0 Å². The van der Waals surface area contributed by atoms with Gasteiger partial charge in [-0.05, 0) is 70.8 Å². The number of urea groups is 1. The first-order chi connectivity index (χ1) is 17.6. The lowest BCUT2D eigenvalue weighted by Gasteiger charge is -2.19. The molecule has 3 heterocycles. The molecule has 6 rings (SSSR count). The molecule has 9 nitrogen and oxygen atoms in total. The Morgan fingerprint density at radius 2 is 1.92 bits per heavy atom. The van der Waals surface area contributed by atoms with Crippen LogP contribution in [0, 0.1) is 12.8 Å². The van der Waals surface area contributed by atoms with E-state index in [4.69, 9.17) is 15.0 Å². The van der Waals surface area contributed by atoms with Gasteiger partial charge in [-0.2, -0.15) is 4.98 Å². The molecule has 190 valence electrons. The lowest BCUT2D eigenvalue weighted by molar-refractivity contribution is 0.237. The van der Waals surface area contributed by atoms with Gasteiger partial charge in [0.05, 0.1) is 21.7 Å². The molecule has 2 amide bonds. The van der Waals surface area contributed by atoms with Crippen molar-refractivity contribution in [1.82, 2.24) is 30.6 Å². The van der Waals surface area contributed by atoms with Gasteiger partial charge in [0.15, 0.2) is 0 Å². The molecule has 0 saturated heterocycles. The molecule has 36 heavy (non-hydrogen) atoms. The summed E-state index contributed by atoms with van der Waals surface area (Å²) in [4.78, 5) is 31.5. The van der Waals surface area contributed by atoms with Crippen molar-refractivity contribution in [3.8, 4) is 10.6 Å². The number of amides is 2. The number of hydrogen-bond acceptors (Lipinski definition) is 8. The zero-order valence-electron chi connectivity index (χ0n) is 20.9. The second-order valence-corrected chi connectivity index (χ2v) is 11.4. The summed E-state index contributed by atoms with van der Waals surface area (Å²) < 4.78 is 1.16. The van der Waals surface area contributed by atoms with Gasteiger partial charge < -0.3 is 21.3 Å². The van der Waals surface area contributed by atoms with E-state index >= 15 is 0 Å². The third-order valence-electron chi connectivity index (χ3n) is 7.30. The fraction of sp³-hybridized carbons (Fsp3) is 0.577. The second-order valence-electron chi connectivity index (χ2n) is 10.4. The quantitative estimate of drug-likeness (QED) is 0.329. The minimum Gasteiger partial charge on any atom is -0.366 e. The van der Waals surface area contributed by atoms with Gasteiger partial charge in [-0.1, -0.05) is 0 Å². The van der Waals surface area contributed by atoms with Crippen LogP contribution in [0.3, 0.4) is 0 Å². The minimum atomic E-state index is -0.0946. The van der Waals surface area contributed by atoms with Crippen LogP contribution in [-0.2, 0) is 0 Å². The average molecular weight is 507 g/mol. The van der Waals surface area contributed by atoms with Crippen LogP contribution in [-0.4, -0.2) is 51.1 Å². The maximum Gasteiger partial charge on any atom is 0.314 e. The monoisotopic (exact) mass is 506 g/mol. The molecular formula is C26H34N8OS. The fourth-order valence-corrected chi connectivity index (χ4v) is 6.11. The predicted molar refractivity (Wildman–Crippen MR) is 144 cm³/mol. The molecule has 10 heteroatoms. The molecule has 0 spiro atoms. The van der Waals surface area contributed by atoms with Gasteiger partial charge in [-0.25, -0.2) is 14.8 Å². The van der Waals surface area contributed by atoms with Gasteiger partial charge in [0.1, 0.15) is 16.3 Å². The molecule has 0 radical (unpaired) electrons. The number of fused-ring (bicyclic) bond motifs is 1. The van der Waals surface area contributed by atoms with E-state index in [9.17, 15) is 4.79 Å². The Bertz CT molecular complexity index is 1270. The third-order valence-corrected chi connectivity index (χ3v) is 8.33. The van der Waals surface area contributed by atoms with E-state index in [0.717, 1.165) is 69.7 Å². The van der Waals surface area contributed by atoms with Gasteiger partial charge in [-0.3, -0.25) is 4.98 Å². The summed E-state index contributed by atoms with van der Waals surface area (Å²) >= 11 is 1.69. The number of carbonyl (C=O) groups excluding carboxylic acids is 1. The van der Waals surface area contributed by atoms with Crippen molar-refractivity contribution in [3.05, 3.63) is 23.7 Å². The number of aromatic nitrogens is 4. The first-order valence-electron chi connectivity index (χ1n) is 13.3. The first-order valence-corrected chi connectivity index (χ1v) is 14.1. The number of aryl methyl sites for hydroxylation is 1. The topological polar surface area (TPSA) is 117 Å². The standard InChI is InChI=1S/C26H34N8OS/c1-3-27-26(35)32-18-9-8-17(12-18)31-23-20(14(2)30-25(34-23)29-13-15-4-5-15)24-33-22-19(36-24)10-11-28-21(22)16-6-7-16/h10-11,15-18H,3-9,12-13H2,1-2H3,(H2,27,32,35)(H2,29,30,31,34).